The van der Waals surface area contributed by atoms with Crippen molar-refractivity contribution >= 4 is 21.6 Å². The molecule has 0 aromatic rings. The molecule has 7 heteroatoms. The second kappa shape index (κ2) is 2.69. The van der Waals surface area contributed by atoms with Gasteiger partial charge in [-0.15, -0.1) is 0 Å². The van der Waals surface area contributed by atoms with Gasteiger partial charge in [0.25, 0.3) is 0 Å². The van der Waals surface area contributed by atoms with Crippen LogP contribution >= 0.6 is 15.6 Å². The Bertz CT molecular complexity index is 130. The molecule has 0 spiro atoms. The smallest absolute Gasteiger partial charge is 0.327 e. The molecule has 0 aromatic heterocycles. The molecule has 46 valence electrons. The third-order valence-electron chi connectivity index (χ3n) is 0.419. The standard InChI is InChI=1S/CH2O5P2/c2-6-4-1-7-8(3)5-6/h1,8H. The fraction of sp³-hybridized carbons (Fsp3) is 0. The van der Waals surface area contributed by atoms with Crippen LogP contribution in [0.4, 0.5) is 0 Å². The van der Waals surface area contributed by atoms with Crippen LogP contribution in [0.15, 0.2) is 0 Å². The van der Waals surface area contributed by atoms with Gasteiger partial charge in [0.15, 0.2) is 5.98 Å². The Labute approximate surface area is 46.8 Å². The highest BCUT2D eigenvalue weighted by molar-refractivity contribution is 8.11. The molecule has 0 saturated heterocycles. The van der Waals surface area contributed by atoms with Crippen molar-refractivity contribution in [3.05, 3.63) is 0 Å². The van der Waals surface area contributed by atoms with Crippen LogP contribution in [0.3, 0.4) is 0 Å². The molecule has 0 amide bonds. The lowest BCUT2D eigenvalue weighted by molar-refractivity contribution is -0.980. The highest BCUT2D eigenvalue weighted by atomic mass is 32.0. The lowest BCUT2D eigenvalue weighted by Crippen LogP contribution is -2.24. The highest BCUT2D eigenvalue weighted by Gasteiger charge is 2.12. The molecule has 1 atom stereocenters. The number of hydrogen-bond acceptors (Lipinski definition) is 4. The minimum atomic E-state index is -2.22. The first-order chi connectivity index (χ1) is 3.79. The second-order valence-corrected chi connectivity index (χ2v) is 3.92. The zero-order valence-electron chi connectivity index (χ0n) is 3.57. The molecule has 1 unspecified atom stereocenters. The predicted octanol–water partition coefficient (Wildman–Crippen LogP) is -0.214. The monoisotopic (exact) mass is 156 g/mol. The molecule has 0 N–H and O–H groups in total. The van der Waals surface area contributed by atoms with Gasteiger partial charge in [0.05, 0.1) is 0 Å². The van der Waals surface area contributed by atoms with Gasteiger partial charge in [-0.1, -0.05) is 0 Å². The van der Waals surface area contributed by atoms with Gasteiger partial charge < -0.3 is 5.26 Å². The molecule has 0 fully saturated rings. The van der Waals surface area contributed by atoms with E-state index in [9.17, 15) is 9.82 Å². The van der Waals surface area contributed by atoms with E-state index in [0.29, 0.717) is 12.7 Å². The summed E-state index contributed by atoms with van der Waals surface area (Å²) in [6.07, 6.45) is 0. The Morgan fingerprint density at radius 3 is 3.00 bits per heavy atom. The van der Waals surface area contributed by atoms with Crippen molar-refractivity contribution in [1.82, 2.24) is 0 Å². The summed E-state index contributed by atoms with van der Waals surface area (Å²) < 4.78 is 14.2. The van der Waals surface area contributed by atoms with Gasteiger partial charge in [-0.2, -0.15) is 0 Å². The summed E-state index contributed by atoms with van der Waals surface area (Å²) in [6, 6.07) is 0. The van der Waals surface area contributed by atoms with E-state index in [-0.39, 0.29) is 0 Å². The molecule has 0 aliphatic carbocycles. The summed E-state index contributed by atoms with van der Waals surface area (Å²) >= 11 is 0. The molecule has 0 aromatic carbocycles. The first kappa shape index (κ1) is 6.36. The quantitative estimate of drug-likeness (QED) is 0.276. The van der Waals surface area contributed by atoms with Crippen molar-refractivity contribution in [2.75, 3.05) is 0 Å². The molecule has 1 aliphatic heterocycles. The maximum atomic E-state index is 10.3. The normalized spacial score (nSPS) is 32.9. The molecule has 1 aliphatic rings. The van der Waals surface area contributed by atoms with Crippen molar-refractivity contribution in [2.45, 2.75) is 0 Å². The van der Waals surface area contributed by atoms with E-state index in [4.69, 9.17) is 0 Å². The van der Waals surface area contributed by atoms with E-state index >= 15 is 0 Å². The maximum Gasteiger partial charge on any atom is 0.327 e. The van der Waals surface area contributed by atoms with Crippen LogP contribution in [0.5, 0.6) is 0 Å². The fourth-order valence-electron chi connectivity index (χ4n) is 0.199. The summed E-state index contributed by atoms with van der Waals surface area (Å²) in [5.74, 6) is 1.09. The maximum absolute atomic E-state index is 10.3. The molecule has 8 heavy (non-hydrogen) atoms. The van der Waals surface area contributed by atoms with E-state index < -0.39 is 7.72 Å². The summed E-state index contributed by atoms with van der Waals surface area (Å²) in [5, 5.41) is 9.85. The summed E-state index contributed by atoms with van der Waals surface area (Å²) in [4.78, 5) is 4.54. The van der Waals surface area contributed by atoms with E-state index in [1.807, 2.05) is 0 Å². The Morgan fingerprint density at radius 2 is 2.62 bits per heavy atom. The zero-order valence-corrected chi connectivity index (χ0v) is 5.46. The molecule has 0 bridgehead atoms. The topological polar surface area (TPSA) is 61.3 Å². The van der Waals surface area contributed by atoms with E-state index in [1.54, 1.807) is 0 Å². The lowest BCUT2D eigenvalue weighted by atomic mass is 11.7. The summed E-state index contributed by atoms with van der Waals surface area (Å²) in [7, 11) is -1.82. The third-order valence-corrected chi connectivity index (χ3v) is 2.27. The minimum Gasteiger partial charge on any atom is -0.435 e. The first-order valence-electron chi connectivity index (χ1n) is 1.63. The van der Waals surface area contributed by atoms with Gasteiger partial charge in [0.2, 0.25) is 0 Å². The molecular weight excluding hydrogens is 154 g/mol. The van der Waals surface area contributed by atoms with E-state index in [2.05, 4.69) is 9.56 Å². The second-order valence-electron chi connectivity index (χ2n) is 0.884. The van der Waals surface area contributed by atoms with Crippen LogP contribution in [-0.2, 0) is 18.9 Å². The van der Waals surface area contributed by atoms with Crippen LogP contribution in [0, 0.1) is 0 Å². The van der Waals surface area contributed by atoms with E-state index in [1.165, 1.54) is 0 Å². The Balaban J connectivity index is 2.54. The zero-order chi connectivity index (χ0) is 5.98. The van der Waals surface area contributed by atoms with E-state index in [0.717, 1.165) is 5.98 Å². The molecule has 0 radical (unpaired) electrons. The Kier molecular flexibility index (Phi) is 2.14. The fourth-order valence-corrected chi connectivity index (χ4v) is 1.30. The van der Waals surface area contributed by atoms with Crippen LogP contribution in [0.25, 0.3) is 0 Å². The van der Waals surface area contributed by atoms with Gasteiger partial charge >= 0.3 is 7.72 Å². The van der Waals surface area contributed by atoms with Crippen molar-refractivity contribution in [3.8, 4) is 0 Å². The number of rotatable bonds is 0. The van der Waals surface area contributed by atoms with Crippen molar-refractivity contribution in [1.29, 1.82) is 0 Å². The molecular formula is CH2O5P2. The van der Waals surface area contributed by atoms with Crippen LogP contribution < -0.4 is 5.26 Å². The summed E-state index contributed by atoms with van der Waals surface area (Å²) in [5.41, 5.74) is 0. The van der Waals surface area contributed by atoms with Gasteiger partial charge in [-0.05, 0) is 9.71 Å². The van der Waals surface area contributed by atoms with Gasteiger partial charge in [0, 0.05) is 12.6 Å². The van der Waals surface area contributed by atoms with Crippen molar-refractivity contribution < 1.29 is 24.2 Å². The largest absolute Gasteiger partial charge is 0.435 e. The van der Waals surface area contributed by atoms with Gasteiger partial charge in [0.1, 0.15) is 0 Å². The average Bonchev–Trinajstić information content (AvgIpc) is 1.64. The van der Waals surface area contributed by atoms with Crippen molar-refractivity contribution in [2.24, 2.45) is 0 Å². The first-order valence-corrected chi connectivity index (χ1v) is 4.75. The van der Waals surface area contributed by atoms with Crippen LogP contribution in [0.1, 0.15) is 0 Å². The predicted molar refractivity (Wildman–Crippen MR) is 25.2 cm³/mol. The third kappa shape index (κ3) is 1.63. The molecule has 1 rings (SSSR count). The van der Waals surface area contributed by atoms with Gasteiger partial charge in [-0.25, -0.2) is 0 Å². The van der Waals surface area contributed by atoms with Gasteiger partial charge in [-0.3, -0.25) is 4.57 Å². The average molecular weight is 156 g/mol. The number of hydrogen-bond donors (Lipinski definition) is 0. The summed E-state index contributed by atoms with van der Waals surface area (Å²) in [6.45, 7) is 0. The van der Waals surface area contributed by atoms with Crippen LogP contribution in [-0.4, -0.2) is 5.98 Å². The molecule has 1 heterocycles. The highest BCUT2D eigenvalue weighted by Crippen LogP contribution is 2.41. The Hall–Kier alpha value is 0.240. The van der Waals surface area contributed by atoms with Crippen LogP contribution in [0.2, 0.25) is 0 Å². The molecule has 5 nitrogen and oxygen atoms in total. The lowest BCUT2D eigenvalue weighted by Gasteiger charge is -2.08. The SMILES string of the molecule is O=[PH]1O[O+]([O-])OC=P1. The molecule has 0 saturated carbocycles. The minimum absolute atomic E-state index is 0.406. The van der Waals surface area contributed by atoms with Crippen molar-refractivity contribution in [3.63, 3.8) is 0 Å². The Morgan fingerprint density at radius 1 is 1.88 bits per heavy atom.